The van der Waals surface area contributed by atoms with Crippen molar-refractivity contribution in [1.29, 1.82) is 0 Å². The van der Waals surface area contributed by atoms with Crippen molar-refractivity contribution >= 4 is 5.91 Å². The van der Waals surface area contributed by atoms with Crippen LogP contribution in [0.5, 0.6) is 11.5 Å². The first-order valence-corrected chi connectivity index (χ1v) is 5.46. The van der Waals surface area contributed by atoms with Gasteiger partial charge in [0.25, 0.3) is 0 Å². The molecule has 5 heteroatoms. The lowest BCUT2D eigenvalue weighted by Crippen LogP contribution is -2.46. The maximum atomic E-state index is 11.0. The van der Waals surface area contributed by atoms with Crippen molar-refractivity contribution in [2.24, 2.45) is 0 Å². The number of hydrogen-bond acceptors (Lipinski definition) is 4. The molecule has 2 N–H and O–H groups in total. The largest absolute Gasteiger partial charge is 0.493 e. The summed E-state index contributed by atoms with van der Waals surface area (Å²) in [5.41, 5.74) is 1.07. The van der Waals surface area contributed by atoms with E-state index in [1.165, 1.54) is 0 Å². The van der Waals surface area contributed by atoms with E-state index in [-0.39, 0.29) is 11.9 Å². The minimum Gasteiger partial charge on any atom is -0.493 e. The maximum Gasteiger partial charge on any atom is 0.234 e. The van der Waals surface area contributed by atoms with E-state index >= 15 is 0 Å². The van der Waals surface area contributed by atoms with Gasteiger partial charge in [-0.25, -0.2) is 0 Å². The van der Waals surface area contributed by atoms with Gasteiger partial charge < -0.3 is 14.8 Å². The number of hydrogen-bond donors (Lipinski definition) is 2. The van der Waals surface area contributed by atoms with Crippen LogP contribution in [0.4, 0.5) is 0 Å². The molecule has 0 spiro atoms. The second-order valence-electron chi connectivity index (χ2n) is 3.85. The number of piperazine rings is 1. The lowest BCUT2D eigenvalue weighted by atomic mass is 10.0. The van der Waals surface area contributed by atoms with Crippen molar-refractivity contribution in [3.8, 4) is 11.5 Å². The molecule has 1 saturated heterocycles. The summed E-state index contributed by atoms with van der Waals surface area (Å²) in [7, 11) is 3.22. The number of amides is 1. The van der Waals surface area contributed by atoms with E-state index in [1.807, 2.05) is 18.2 Å². The van der Waals surface area contributed by atoms with Crippen molar-refractivity contribution < 1.29 is 14.3 Å². The van der Waals surface area contributed by atoms with Crippen molar-refractivity contribution in [1.82, 2.24) is 10.6 Å². The SMILES string of the molecule is COc1ccc([C@@H]2CNC(=O)CN2)cc1OC. The third-order valence-corrected chi connectivity index (χ3v) is 2.82. The van der Waals surface area contributed by atoms with E-state index in [2.05, 4.69) is 10.6 Å². The molecule has 0 aliphatic carbocycles. The van der Waals surface area contributed by atoms with Crippen LogP contribution in [-0.2, 0) is 4.79 Å². The first-order chi connectivity index (χ1) is 8.24. The number of carbonyl (C=O) groups excluding carboxylic acids is 1. The molecule has 1 atom stereocenters. The highest BCUT2D eigenvalue weighted by atomic mass is 16.5. The molecule has 0 saturated carbocycles. The van der Waals surface area contributed by atoms with E-state index < -0.39 is 0 Å². The Hall–Kier alpha value is -1.75. The molecule has 1 aromatic rings. The van der Waals surface area contributed by atoms with Crippen LogP contribution in [0.2, 0.25) is 0 Å². The first kappa shape index (κ1) is 11.7. The molecule has 0 unspecified atom stereocenters. The Morgan fingerprint density at radius 3 is 2.59 bits per heavy atom. The normalized spacial score (nSPS) is 19.6. The molecule has 1 fully saturated rings. The topological polar surface area (TPSA) is 59.6 Å². The zero-order chi connectivity index (χ0) is 12.3. The fraction of sp³-hybridized carbons (Fsp3) is 0.417. The van der Waals surface area contributed by atoms with Crippen LogP contribution in [-0.4, -0.2) is 33.2 Å². The van der Waals surface area contributed by atoms with Gasteiger partial charge in [0.15, 0.2) is 11.5 Å². The second-order valence-corrected chi connectivity index (χ2v) is 3.85. The van der Waals surface area contributed by atoms with Crippen LogP contribution >= 0.6 is 0 Å². The van der Waals surface area contributed by atoms with Crippen LogP contribution in [0.25, 0.3) is 0 Å². The summed E-state index contributed by atoms with van der Waals surface area (Å²) in [6.45, 7) is 0.938. The van der Waals surface area contributed by atoms with Crippen LogP contribution in [0, 0.1) is 0 Å². The van der Waals surface area contributed by atoms with Crippen molar-refractivity contribution in [2.75, 3.05) is 27.3 Å². The van der Waals surface area contributed by atoms with Crippen LogP contribution in [0.15, 0.2) is 18.2 Å². The molecule has 1 heterocycles. The minimum atomic E-state index is 0.0294. The first-order valence-electron chi connectivity index (χ1n) is 5.46. The van der Waals surface area contributed by atoms with Crippen LogP contribution in [0.3, 0.4) is 0 Å². The van der Waals surface area contributed by atoms with E-state index in [1.54, 1.807) is 14.2 Å². The Bertz CT molecular complexity index is 410. The fourth-order valence-electron chi connectivity index (χ4n) is 1.87. The summed E-state index contributed by atoms with van der Waals surface area (Å²) in [6.07, 6.45) is 0. The number of carbonyl (C=O) groups is 1. The molecule has 17 heavy (non-hydrogen) atoms. The second kappa shape index (κ2) is 5.05. The van der Waals surface area contributed by atoms with Gasteiger partial charge in [0, 0.05) is 6.54 Å². The van der Waals surface area contributed by atoms with E-state index in [0.29, 0.717) is 24.6 Å². The lowest BCUT2D eigenvalue weighted by molar-refractivity contribution is -0.121. The molecule has 2 rings (SSSR count). The highest BCUT2D eigenvalue weighted by molar-refractivity contribution is 5.78. The molecule has 0 bridgehead atoms. The number of nitrogens with one attached hydrogen (secondary N) is 2. The molecule has 1 amide bonds. The zero-order valence-corrected chi connectivity index (χ0v) is 9.95. The van der Waals surface area contributed by atoms with Crippen molar-refractivity contribution in [3.05, 3.63) is 23.8 Å². The Morgan fingerprint density at radius 2 is 2.00 bits per heavy atom. The molecular formula is C12H16N2O3. The van der Waals surface area contributed by atoms with E-state index in [4.69, 9.17) is 9.47 Å². The van der Waals surface area contributed by atoms with Crippen LogP contribution < -0.4 is 20.1 Å². The smallest absolute Gasteiger partial charge is 0.234 e. The van der Waals surface area contributed by atoms with E-state index in [9.17, 15) is 4.79 Å². The number of ether oxygens (including phenoxy) is 2. The van der Waals surface area contributed by atoms with Gasteiger partial charge in [0.1, 0.15) is 0 Å². The van der Waals surface area contributed by atoms with Gasteiger partial charge in [-0.2, -0.15) is 0 Å². The maximum absolute atomic E-state index is 11.0. The summed E-state index contributed by atoms with van der Waals surface area (Å²) < 4.78 is 10.4. The predicted octanol–water partition coefficient (Wildman–Crippen LogP) is 0.464. The molecule has 0 radical (unpaired) electrons. The van der Waals surface area contributed by atoms with Gasteiger partial charge >= 0.3 is 0 Å². The number of rotatable bonds is 3. The summed E-state index contributed by atoms with van der Waals surface area (Å²) in [6, 6.07) is 5.88. The quantitative estimate of drug-likeness (QED) is 0.800. The molecule has 5 nitrogen and oxygen atoms in total. The van der Waals surface area contributed by atoms with Gasteiger partial charge in [-0.3, -0.25) is 10.1 Å². The molecule has 1 aliphatic heterocycles. The number of methoxy groups -OCH3 is 2. The summed E-state index contributed by atoms with van der Waals surface area (Å²) in [4.78, 5) is 11.0. The highest BCUT2D eigenvalue weighted by Gasteiger charge is 2.19. The number of benzene rings is 1. The average molecular weight is 236 g/mol. The monoisotopic (exact) mass is 236 g/mol. The lowest BCUT2D eigenvalue weighted by Gasteiger charge is -2.25. The summed E-state index contributed by atoms with van der Waals surface area (Å²) in [5, 5.41) is 5.99. The molecule has 1 aromatic carbocycles. The van der Waals surface area contributed by atoms with Gasteiger partial charge in [-0.15, -0.1) is 0 Å². The van der Waals surface area contributed by atoms with Crippen LogP contribution in [0.1, 0.15) is 11.6 Å². The van der Waals surface area contributed by atoms with Gasteiger partial charge in [-0.1, -0.05) is 6.07 Å². The molecule has 0 aromatic heterocycles. The van der Waals surface area contributed by atoms with Gasteiger partial charge in [0.2, 0.25) is 5.91 Å². The Labute approximate surface area is 100 Å². The van der Waals surface area contributed by atoms with Gasteiger partial charge in [0.05, 0.1) is 26.8 Å². The Morgan fingerprint density at radius 1 is 1.24 bits per heavy atom. The standard InChI is InChI=1S/C12H16N2O3/c1-16-10-4-3-8(5-11(10)17-2)9-6-14-12(15)7-13-9/h3-5,9,13H,6-7H2,1-2H3,(H,14,15)/t9-/m0/s1. The highest BCUT2D eigenvalue weighted by Crippen LogP contribution is 2.30. The minimum absolute atomic E-state index is 0.0294. The molecule has 1 aliphatic rings. The zero-order valence-electron chi connectivity index (χ0n) is 9.95. The van der Waals surface area contributed by atoms with E-state index in [0.717, 1.165) is 5.56 Å². The third-order valence-electron chi connectivity index (χ3n) is 2.82. The predicted molar refractivity (Wildman–Crippen MR) is 63.3 cm³/mol. The fourth-order valence-corrected chi connectivity index (χ4v) is 1.87. The van der Waals surface area contributed by atoms with Crippen molar-refractivity contribution in [3.63, 3.8) is 0 Å². The summed E-state index contributed by atoms with van der Waals surface area (Å²) >= 11 is 0. The van der Waals surface area contributed by atoms with Gasteiger partial charge in [-0.05, 0) is 17.7 Å². The average Bonchev–Trinajstić information content (AvgIpc) is 2.39. The Balaban J connectivity index is 2.18. The van der Waals surface area contributed by atoms with Crippen molar-refractivity contribution in [2.45, 2.75) is 6.04 Å². The Kier molecular flexibility index (Phi) is 3.49. The summed E-state index contributed by atoms with van der Waals surface area (Å²) in [5.74, 6) is 1.43. The molecule has 92 valence electrons. The molecular weight excluding hydrogens is 220 g/mol. The third kappa shape index (κ3) is 2.50.